The zero-order valence-electron chi connectivity index (χ0n) is 13.2. The van der Waals surface area contributed by atoms with Gasteiger partial charge in [0.2, 0.25) is 5.91 Å². The molecule has 0 aliphatic rings. The molecule has 1 heterocycles. The first-order chi connectivity index (χ1) is 11.7. The number of hydrogen-bond acceptors (Lipinski definition) is 5. The minimum Gasteiger partial charge on any atom is -0.340 e. The Hall–Kier alpha value is -3.41. The number of carbonyl (C=O) groups excluding carboxylic acids is 1. The van der Waals surface area contributed by atoms with Gasteiger partial charge in [0, 0.05) is 30.1 Å². The summed E-state index contributed by atoms with van der Waals surface area (Å²) in [5.74, 6) is 1.24. The van der Waals surface area contributed by atoms with Gasteiger partial charge in [-0.3, -0.25) is 4.79 Å². The van der Waals surface area contributed by atoms with Gasteiger partial charge in [0.05, 0.1) is 0 Å². The Morgan fingerprint density at radius 3 is 2.12 bits per heavy atom. The molecule has 1 aromatic heterocycles. The third-order valence-electron chi connectivity index (χ3n) is 3.17. The number of carbonyl (C=O) groups is 1. The maximum Gasteiger partial charge on any atom is 0.221 e. The van der Waals surface area contributed by atoms with E-state index < -0.39 is 0 Å². The first kappa shape index (κ1) is 15.5. The quantitative estimate of drug-likeness (QED) is 0.664. The van der Waals surface area contributed by atoms with Gasteiger partial charge < -0.3 is 16.0 Å². The summed E-state index contributed by atoms with van der Waals surface area (Å²) in [5.41, 5.74) is 2.50. The van der Waals surface area contributed by atoms with Gasteiger partial charge in [-0.2, -0.15) is 0 Å². The highest BCUT2D eigenvalue weighted by Gasteiger charge is 2.02. The number of rotatable bonds is 5. The number of amides is 1. The number of hydrogen-bond donors (Lipinski definition) is 3. The zero-order valence-corrected chi connectivity index (χ0v) is 13.2. The molecular weight excluding hydrogens is 302 g/mol. The molecule has 3 N–H and O–H groups in total. The van der Waals surface area contributed by atoms with E-state index in [1.807, 2.05) is 60.7 Å². The minimum absolute atomic E-state index is 0.108. The normalized spacial score (nSPS) is 10.0. The predicted molar refractivity (Wildman–Crippen MR) is 95.8 cm³/mol. The SMILES string of the molecule is CC(=O)Nc1cccc(Nc2cc(Nc3ccccc3)ncn2)c1. The molecule has 0 aliphatic carbocycles. The topological polar surface area (TPSA) is 78.9 Å². The Bertz CT molecular complexity index is 836. The standard InChI is InChI=1S/C18H17N5O/c1-13(24)21-15-8-5-9-16(10-15)23-18-11-17(19-12-20-18)22-14-6-3-2-4-7-14/h2-12H,1H3,(H,21,24)(H2,19,20,22,23). The second-order valence-electron chi connectivity index (χ2n) is 5.17. The van der Waals surface area contributed by atoms with E-state index in [4.69, 9.17) is 0 Å². The van der Waals surface area contributed by atoms with Gasteiger partial charge in [-0.1, -0.05) is 24.3 Å². The van der Waals surface area contributed by atoms with Crippen molar-refractivity contribution in [2.45, 2.75) is 6.92 Å². The molecule has 0 atom stereocenters. The maximum absolute atomic E-state index is 11.1. The fourth-order valence-corrected chi connectivity index (χ4v) is 2.19. The molecule has 0 saturated heterocycles. The maximum atomic E-state index is 11.1. The average molecular weight is 319 g/mol. The number of nitrogens with one attached hydrogen (secondary N) is 3. The summed E-state index contributed by atoms with van der Waals surface area (Å²) < 4.78 is 0. The Balaban J connectivity index is 1.74. The van der Waals surface area contributed by atoms with Crippen LogP contribution in [0.4, 0.5) is 28.7 Å². The highest BCUT2D eigenvalue weighted by atomic mass is 16.1. The molecule has 1 amide bonds. The van der Waals surface area contributed by atoms with Gasteiger partial charge in [-0.25, -0.2) is 9.97 Å². The van der Waals surface area contributed by atoms with Crippen molar-refractivity contribution in [3.63, 3.8) is 0 Å². The number of anilines is 5. The van der Waals surface area contributed by atoms with Crippen molar-refractivity contribution in [2.24, 2.45) is 0 Å². The van der Waals surface area contributed by atoms with Crippen LogP contribution in [0.25, 0.3) is 0 Å². The van der Waals surface area contributed by atoms with E-state index in [9.17, 15) is 4.79 Å². The van der Waals surface area contributed by atoms with Crippen molar-refractivity contribution < 1.29 is 4.79 Å². The fraction of sp³-hybridized carbons (Fsp3) is 0.0556. The first-order valence-corrected chi connectivity index (χ1v) is 7.48. The summed E-state index contributed by atoms with van der Waals surface area (Å²) >= 11 is 0. The molecule has 0 saturated carbocycles. The van der Waals surface area contributed by atoms with Crippen molar-refractivity contribution in [1.29, 1.82) is 0 Å². The first-order valence-electron chi connectivity index (χ1n) is 7.48. The van der Waals surface area contributed by atoms with Crippen LogP contribution in [-0.4, -0.2) is 15.9 Å². The van der Waals surface area contributed by atoms with E-state index in [0.29, 0.717) is 11.6 Å². The molecule has 0 fully saturated rings. The van der Waals surface area contributed by atoms with E-state index in [1.54, 1.807) is 0 Å². The lowest BCUT2D eigenvalue weighted by atomic mass is 10.2. The van der Waals surface area contributed by atoms with Crippen LogP contribution in [0.3, 0.4) is 0 Å². The Labute approximate surface area is 140 Å². The van der Waals surface area contributed by atoms with Crippen molar-refractivity contribution in [1.82, 2.24) is 9.97 Å². The number of benzene rings is 2. The molecule has 3 rings (SSSR count). The predicted octanol–water partition coefficient (Wildman–Crippen LogP) is 3.92. The minimum atomic E-state index is -0.108. The van der Waals surface area contributed by atoms with E-state index in [1.165, 1.54) is 13.3 Å². The fourth-order valence-electron chi connectivity index (χ4n) is 2.19. The van der Waals surface area contributed by atoms with Crippen molar-refractivity contribution in [2.75, 3.05) is 16.0 Å². The molecule has 0 aliphatic heterocycles. The van der Waals surface area contributed by atoms with Gasteiger partial charge in [0.25, 0.3) is 0 Å². The lowest BCUT2D eigenvalue weighted by Crippen LogP contribution is -2.06. The second-order valence-corrected chi connectivity index (χ2v) is 5.17. The van der Waals surface area contributed by atoms with Crippen LogP contribution in [0.1, 0.15) is 6.92 Å². The summed E-state index contributed by atoms with van der Waals surface area (Å²) in [7, 11) is 0. The van der Waals surface area contributed by atoms with Crippen LogP contribution in [0, 0.1) is 0 Å². The molecule has 120 valence electrons. The number of para-hydroxylation sites is 1. The molecule has 24 heavy (non-hydrogen) atoms. The van der Waals surface area contributed by atoms with Crippen molar-refractivity contribution in [3.05, 3.63) is 67.0 Å². The summed E-state index contributed by atoms with van der Waals surface area (Å²) in [5, 5.41) is 9.17. The molecular formula is C18H17N5O. The smallest absolute Gasteiger partial charge is 0.221 e. The van der Waals surface area contributed by atoms with Crippen LogP contribution < -0.4 is 16.0 Å². The monoisotopic (exact) mass is 319 g/mol. The molecule has 6 heteroatoms. The molecule has 2 aromatic carbocycles. The number of aromatic nitrogens is 2. The molecule has 0 unspecified atom stereocenters. The van der Waals surface area contributed by atoms with Crippen molar-refractivity contribution >= 4 is 34.6 Å². The number of nitrogens with zero attached hydrogens (tertiary/aromatic N) is 2. The average Bonchev–Trinajstić information content (AvgIpc) is 2.56. The van der Waals surface area contributed by atoms with Gasteiger partial charge in [0.15, 0.2) is 0 Å². The summed E-state index contributed by atoms with van der Waals surface area (Å²) in [6, 6.07) is 19.0. The van der Waals surface area contributed by atoms with E-state index in [-0.39, 0.29) is 5.91 Å². The van der Waals surface area contributed by atoms with Crippen LogP contribution in [0.5, 0.6) is 0 Å². The Morgan fingerprint density at radius 1 is 0.792 bits per heavy atom. The molecule has 3 aromatic rings. The molecule has 6 nitrogen and oxygen atoms in total. The zero-order chi connectivity index (χ0) is 16.8. The van der Waals surface area contributed by atoms with Gasteiger partial charge in [-0.05, 0) is 30.3 Å². The van der Waals surface area contributed by atoms with Gasteiger partial charge in [0.1, 0.15) is 18.0 Å². The van der Waals surface area contributed by atoms with E-state index in [2.05, 4.69) is 25.9 Å². The highest BCUT2D eigenvalue weighted by Crippen LogP contribution is 2.21. The third kappa shape index (κ3) is 4.30. The van der Waals surface area contributed by atoms with Gasteiger partial charge >= 0.3 is 0 Å². The lowest BCUT2D eigenvalue weighted by molar-refractivity contribution is -0.114. The molecule has 0 spiro atoms. The van der Waals surface area contributed by atoms with Crippen LogP contribution in [0.15, 0.2) is 67.0 Å². The Morgan fingerprint density at radius 2 is 1.42 bits per heavy atom. The van der Waals surface area contributed by atoms with Gasteiger partial charge in [-0.15, -0.1) is 0 Å². The lowest BCUT2D eigenvalue weighted by Gasteiger charge is -2.10. The van der Waals surface area contributed by atoms with E-state index in [0.717, 1.165) is 17.1 Å². The third-order valence-corrected chi connectivity index (χ3v) is 3.17. The summed E-state index contributed by atoms with van der Waals surface area (Å²) in [4.78, 5) is 19.6. The second kappa shape index (κ2) is 7.23. The highest BCUT2D eigenvalue weighted by molar-refractivity contribution is 5.89. The molecule has 0 radical (unpaired) electrons. The summed E-state index contributed by atoms with van der Waals surface area (Å²) in [6.07, 6.45) is 1.49. The van der Waals surface area contributed by atoms with Crippen LogP contribution in [0.2, 0.25) is 0 Å². The summed E-state index contributed by atoms with van der Waals surface area (Å²) in [6.45, 7) is 1.48. The Kier molecular flexibility index (Phi) is 4.67. The van der Waals surface area contributed by atoms with Crippen molar-refractivity contribution in [3.8, 4) is 0 Å². The largest absolute Gasteiger partial charge is 0.340 e. The van der Waals surface area contributed by atoms with Crippen LogP contribution >= 0.6 is 0 Å². The van der Waals surface area contributed by atoms with Crippen LogP contribution in [-0.2, 0) is 4.79 Å². The molecule has 0 bridgehead atoms. The van der Waals surface area contributed by atoms with E-state index >= 15 is 0 Å².